The fraction of sp³-hybridized carbons (Fsp3) is 0.452. The summed E-state index contributed by atoms with van der Waals surface area (Å²) < 4.78 is 1.41. The summed E-state index contributed by atoms with van der Waals surface area (Å²) in [7, 11) is 0. The first kappa shape index (κ1) is 34.4. The number of aliphatic hydroxyl groups excluding tert-OH is 1. The second kappa shape index (κ2) is 15.6. The molecule has 0 fully saturated rings. The molecule has 7 heteroatoms. The van der Waals surface area contributed by atoms with Crippen molar-refractivity contribution in [1.82, 2.24) is 20.1 Å². The zero-order valence-corrected chi connectivity index (χ0v) is 25.3. The van der Waals surface area contributed by atoms with Crippen LogP contribution >= 0.6 is 0 Å². The van der Waals surface area contributed by atoms with Crippen molar-refractivity contribution in [3.8, 4) is 0 Å². The lowest BCUT2D eigenvalue weighted by molar-refractivity contribution is 0.330. The van der Waals surface area contributed by atoms with Crippen molar-refractivity contribution in [3.63, 3.8) is 0 Å². The van der Waals surface area contributed by atoms with E-state index in [-0.39, 0.29) is 29.1 Å². The average Bonchev–Trinajstić information content (AvgIpc) is 3.22. The first-order chi connectivity index (χ1) is 17.7. The van der Waals surface area contributed by atoms with Gasteiger partial charge in [0, 0.05) is 6.04 Å². The van der Waals surface area contributed by atoms with E-state index in [1.807, 2.05) is 27.7 Å². The summed E-state index contributed by atoms with van der Waals surface area (Å²) in [5.41, 5.74) is 11.6. The minimum atomic E-state index is -0.538. The number of benzene rings is 1. The molecular formula is C31H50N6O. The minimum Gasteiger partial charge on any atom is -0.511 e. The highest BCUT2D eigenvalue weighted by Gasteiger charge is 2.18. The van der Waals surface area contributed by atoms with Gasteiger partial charge in [0.15, 0.2) is 0 Å². The third-order valence-corrected chi connectivity index (χ3v) is 5.47. The number of aryl methyl sites for hydroxylation is 1. The monoisotopic (exact) mass is 522 g/mol. The van der Waals surface area contributed by atoms with Gasteiger partial charge in [-0.3, -0.25) is 0 Å². The van der Waals surface area contributed by atoms with Crippen LogP contribution < -0.4 is 11.1 Å². The molecule has 210 valence electrons. The Balaban J connectivity index is 0.00000326. The first-order valence-corrected chi connectivity index (χ1v) is 13.3. The van der Waals surface area contributed by atoms with Gasteiger partial charge in [-0.05, 0) is 60.9 Å². The van der Waals surface area contributed by atoms with Crippen molar-refractivity contribution in [1.29, 1.82) is 0 Å². The van der Waals surface area contributed by atoms with E-state index in [4.69, 9.17) is 5.73 Å². The molecule has 1 aromatic heterocycles. The third-order valence-electron chi connectivity index (χ3n) is 5.47. The fourth-order valence-electron chi connectivity index (χ4n) is 3.66. The lowest BCUT2D eigenvalue weighted by atomic mass is 9.84. The van der Waals surface area contributed by atoms with Crippen LogP contribution in [-0.4, -0.2) is 25.6 Å². The number of hydrogen-bond donors (Lipinski definition) is 3. The number of allylic oxidation sites excluding steroid dienone is 3. The number of nitrogens with zero attached hydrogens (tertiary/aromatic N) is 4. The Hall–Kier alpha value is -3.61. The molecule has 4 N–H and O–H groups in total. The summed E-state index contributed by atoms with van der Waals surface area (Å²) in [6.45, 7) is 36.4. The Kier molecular flexibility index (Phi) is 14.1. The van der Waals surface area contributed by atoms with Crippen molar-refractivity contribution < 1.29 is 5.11 Å². The minimum absolute atomic E-state index is 0.0274. The van der Waals surface area contributed by atoms with Crippen molar-refractivity contribution in [2.45, 2.75) is 87.7 Å². The van der Waals surface area contributed by atoms with Crippen molar-refractivity contribution in [3.05, 3.63) is 78.7 Å². The largest absolute Gasteiger partial charge is 0.511 e. The first-order valence-electron chi connectivity index (χ1n) is 13.3. The molecule has 0 saturated carbocycles. The normalized spacial score (nSPS) is 12.6. The van der Waals surface area contributed by atoms with Crippen LogP contribution in [0.2, 0.25) is 0 Å². The van der Waals surface area contributed by atoms with E-state index >= 15 is 0 Å². The molecule has 0 bridgehead atoms. The van der Waals surface area contributed by atoms with E-state index < -0.39 is 6.04 Å². The van der Waals surface area contributed by atoms with Gasteiger partial charge in [-0.1, -0.05) is 93.0 Å². The van der Waals surface area contributed by atoms with Crippen molar-refractivity contribution in [2.24, 2.45) is 10.4 Å². The van der Waals surface area contributed by atoms with Crippen LogP contribution in [0.25, 0.3) is 5.57 Å². The second-order valence-electron chi connectivity index (χ2n) is 9.84. The summed E-state index contributed by atoms with van der Waals surface area (Å²) in [5.74, 6) is 0.199. The molecule has 2 atom stereocenters. The van der Waals surface area contributed by atoms with Crippen LogP contribution in [-0.2, 0) is 0 Å². The average molecular weight is 523 g/mol. The number of nitrogen functional groups attached to an aromatic ring is 1. The lowest BCUT2D eigenvalue weighted by Gasteiger charge is -2.22. The van der Waals surface area contributed by atoms with Gasteiger partial charge in [-0.2, -0.15) is 4.98 Å². The SMILES string of the molecule is C=C/C(=N\c1nc(N)nn1C(C)C(=C)O)C(=C)NC(C)c1ccc(C(=C)CC(C)(C)C)c(C)c1.CC.CC. The van der Waals surface area contributed by atoms with Crippen molar-refractivity contribution >= 4 is 23.2 Å². The molecule has 0 amide bonds. The summed E-state index contributed by atoms with van der Waals surface area (Å²) in [5, 5.41) is 17.2. The lowest BCUT2D eigenvalue weighted by Crippen LogP contribution is -2.22. The highest BCUT2D eigenvalue weighted by atomic mass is 16.3. The molecule has 1 heterocycles. The van der Waals surface area contributed by atoms with Gasteiger partial charge in [-0.25, -0.2) is 9.67 Å². The van der Waals surface area contributed by atoms with E-state index in [2.05, 4.69) is 99.5 Å². The Morgan fingerprint density at radius 2 is 1.74 bits per heavy atom. The zero-order chi connectivity index (χ0) is 29.8. The van der Waals surface area contributed by atoms with Gasteiger partial charge in [0.05, 0.1) is 11.4 Å². The Morgan fingerprint density at radius 3 is 2.21 bits per heavy atom. The van der Waals surface area contributed by atoms with Crippen molar-refractivity contribution in [2.75, 3.05) is 5.73 Å². The summed E-state index contributed by atoms with van der Waals surface area (Å²) in [6.07, 6.45) is 2.52. The van der Waals surface area contributed by atoms with Crippen LogP contribution in [0.1, 0.15) is 97.5 Å². The zero-order valence-electron chi connectivity index (χ0n) is 25.3. The van der Waals surface area contributed by atoms with Gasteiger partial charge < -0.3 is 16.2 Å². The van der Waals surface area contributed by atoms with E-state index in [9.17, 15) is 5.11 Å². The van der Waals surface area contributed by atoms with Crippen LogP contribution in [0.15, 0.2) is 67.0 Å². The molecule has 0 aliphatic heterocycles. The van der Waals surface area contributed by atoms with E-state index in [0.717, 1.165) is 17.6 Å². The molecule has 2 rings (SSSR count). The van der Waals surface area contributed by atoms with Gasteiger partial charge in [0.2, 0.25) is 5.95 Å². The quantitative estimate of drug-likeness (QED) is 0.215. The standard InChI is InChI=1S/C27H38N6O.2C2H6/c1-11-24(30-26-31-25(28)32-33(26)20(6)21(7)34)19(5)29-18(4)22-12-13-23(16(2)14-22)17(3)15-27(8,9)10;2*1-2/h11-14,18,20,29,34H,1,3,5,7,15H2,2,4,6,8-10H3,(H2,28,32);2*1-2H3/b30-24+;;. The molecule has 38 heavy (non-hydrogen) atoms. The number of nitrogens with one attached hydrogen (secondary N) is 1. The number of anilines is 1. The fourth-order valence-corrected chi connectivity index (χ4v) is 3.66. The van der Waals surface area contributed by atoms with Gasteiger partial charge in [0.25, 0.3) is 5.95 Å². The van der Waals surface area contributed by atoms with Gasteiger partial charge >= 0.3 is 0 Å². The highest BCUT2D eigenvalue weighted by molar-refractivity contribution is 6.08. The smallest absolute Gasteiger partial charge is 0.250 e. The van der Waals surface area contributed by atoms with Crippen LogP contribution in [0.5, 0.6) is 0 Å². The maximum absolute atomic E-state index is 9.76. The molecule has 0 spiro atoms. The molecule has 0 radical (unpaired) electrons. The van der Waals surface area contributed by atoms with Crippen LogP contribution in [0.4, 0.5) is 11.9 Å². The molecule has 2 aromatic rings. The van der Waals surface area contributed by atoms with Crippen LogP contribution in [0.3, 0.4) is 0 Å². The number of aromatic nitrogens is 3. The van der Waals surface area contributed by atoms with E-state index in [1.165, 1.54) is 15.8 Å². The molecule has 1 aromatic carbocycles. The Morgan fingerprint density at radius 1 is 1.16 bits per heavy atom. The second-order valence-corrected chi connectivity index (χ2v) is 9.84. The highest BCUT2D eigenvalue weighted by Crippen LogP contribution is 2.31. The summed E-state index contributed by atoms with van der Waals surface area (Å²) in [6, 6.07) is 5.85. The Labute approximate surface area is 231 Å². The predicted molar refractivity (Wildman–Crippen MR) is 166 cm³/mol. The number of aliphatic imine (C=N–C) groups is 1. The third kappa shape index (κ3) is 10.0. The topological polar surface area (TPSA) is 101 Å². The number of hydrogen-bond acceptors (Lipinski definition) is 6. The number of rotatable bonds is 10. The molecule has 7 nitrogen and oxygen atoms in total. The van der Waals surface area contributed by atoms with E-state index in [0.29, 0.717) is 11.4 Å². The predicted octanol–water partition coefficient (Wildman–Crippen LogP) is 8.43. The van der Waals surface area contributed by atoms with Crippen LogP contribution in [0, 0.1) is 12.3 Å². The number of nitrogens with two attached hydrogens (primary N) is 1. The Bertz CT molecular complexity index is 1130. The maximum atomic E-state index is 9.76. The van der Waals surface area contributed by atoms with Gasteiger partial charge in [-0.15, -0.1) is 5.10 Å². The summed E-state index contributed by atoms with van der Waals surface area (Å²) >= 11 is 0. The summed E-state index contributed by atoms with van der Waals surface area (Å²) in [4.78, 5) is 8.67. The molecular weight excluding hydrogens is 472 g/mol. The molecule has 0 aliphatic rings. The molecule has 2 unspecified atom stereocenters. The molecule has 0 aliphatic carbocycles. The number of aliphatic hydroxyl groups is 1. The van der Waals surface area contributed by atoms with Gasteiger partial charge in [0.1, 0.15) is 11.8 Å². The van der Waals surface area contributed by atoms with E-state index in [1.54, 1.807) is 13.0 Å². The maximum Gasteiger partial charge on any atom is 0.250 e. The molecule has 0 saturated heterocycles.